The first kappa shape index (κ1) is 10.4. The molecule has 2 N–H and O–H groups in total. The average molecular weight is 122 g/mol. The van der Waals surface area contributed by atoms with Gasteiger partial charge in [-0.1, -0.05) is 0 Å². The number of aliphatic hydroxyl groups excluding tert-OH is 2. The van der Waals surface area contributed by atoms with E-state index in [2.05, 4.69) is 4.74 Å². The summed E-state index contributed by atoms with van der Waals surface area (Å²) in [5, 5.41) is 14.9. The Morgan fingerprint density at radius 2 is 2.00 bits per heavy atom. The van der Waals surface area contributed by atoms with E-state index in [4.69, 9.17) is 10.2 Å². The van der Waals surface area contributed by atoms with E-state index in [1.54, 1.807) is 0 Å². The maximum atomic E-state index is 9.71. The Labute approximate surface area is 47.7 Å². The third kappa shape index (κ3) is 9.04. The lowest BCUT2D eigenvalue weighted by atomic mass is 10.8. The van der Waals surface area contributed by atoms with Gasteiger partial charge in [-0.05, 0) is 0 Å². The highest BCUT2D eigenvalue weighted by Crippen LogP contribution is 1.63. The summed E-state index contributed by atoms with van der Waals surface area (Å²) in [5.74, 6) is -0.602. The van der Waals surface area contributed by atoms with E-state index in [1.807, 2.05) is 0 Å². The largest absolute Gasteiger partial charge is 0.467 e. The van der Waals surface area contributed by atoms with E-state index in [-0.39, 0.29) is 0 Å². The first-order valence-corrected chi connectivity index (χ1v) is 1.93. The van der Waals surface area contributed by atoms with Crippen LogP contribution >= 0.6 is 0 Å². The highest BCUT2D eigenvalue weighted by Gasteiger charge is 1.89. The minimum atomic E-state index is -0.602. The minimum absolute atomic E-state index is 0.531. The van der Waals surface area contributed by atoms with Gasteiger partial charge in [-0.2, -0.15) is 0 Å². The van der Waals surface area contributed by atoms with Crippen LogP contribution in [0.1, 0.15) is 0 Å². The molecule has 0 saturated heterocycles. The van der Waals surface area contributed by atoms with Crippen LogP contribution < -0.4 is 0 Å². The van der Waals surface area contributed by atoms with Crippen LogP contribution in [0.5, 0.6) is 0 Å². The van der Waals surface area contributed by atoms with E-state index in [9.17, 15) is 4.79 Å². The molecule has 0 radical (unpaired) electrons. The summed E-state index contributed by atoms with van der Waals surface area (Å²) in [5.41, 5.74) is 0. The van der Waals surface area contributed by atoms with Crippen LogP contribution in [0.15, 0.2) is 0 Å². The molecular formula is C4H10O4. The predicted octanol–water partition coefficient (Wildman–Crippen LogP) is -1.24. The van der Waals surface area contributed by atoms with Crippen molar-refractivity contribution in [2.75, 3.05) is 20.8 Å². The van der Waals surface area contributed by atoms with Gasteiger partial charge in [0.05, 0.1) is 7.11 Å². The Hall–Kier alpha value is -0.610. The first-order valence-electron chi connectivity index (χ1n) is 1.93. The summed E-state index contributed by atoms with van der Waals surface area (Å²) in [6.07, 6.45) is 0. The van der Waals surface area contributed by atoms with Gasteiger partial charge in [-0.25, -0.2) is 4.79 Å². The van der Waals surface area contributed by atoms with E-state index in [0.717, 1.165) is 7.11 Å². The topological polar surface area (TPSA) is 66.8 Å². The summed E-state index contributed by atoms with van der Waals surface area (Å²) in [6, 6.07) is 0. The van der Waals surface area contributed by atoms with Crippen LogP contribution in [0.4, 0.5) is 0 Å². The zero-order chi connectivity index (χ0) is 6.99. The summed E-state index contributed by atoms with van der Waals surface area (Å²) in [7, 11) is 2.22. The van der Waals surface area contributed by atoms with Crippen molar-refractivity contribution in [3.8, 4) is 0 Å². The summed E-state index contributed by atoms with van der Waals surface area (Å²) in [6.45, 7) is -0.531. The third-order valence-electron chi connectivity index (χ3n) is 0.357. The van der Waals surface area contributed by atoms with Gasteiger partial charge in [-0.15, -0.1) is 0 Å². The molecule has 8 heavy (non-hydrogen) atoms. The fourth-order valence-corrected chi connectivity index (χ4v) is 0.0645. The summed E-state index contributed by atoms with van der Waals surface area (Å²) < 4.78 is 4.01. The van der Waals surface area contributed by atoms with Crippen LogP contribution in [0.25, 0.3) is 0 Å². The number of rotatable bonds is 1. The summed E-state index contributed by atoms with van der Waals surface area (Å²) in [4.78, 5) is 9.71. The molecule has 4 nitrogen and oxygen atoms in total. The molecule has 0 bridgehead atoms. The molecule has 0 aromatic rings. The second-order valence-corrected chi connectivity index (χ2v) is 0.734. The number of hydrogen-bond acceptors (Lipinski definition) is 4. The molecule has 0 aromatic heterocycles. The molecule has 0 heterocycles. The van der Waals surface area contributed by atoms with Crippen LogP contribution in [-0.4, -0.2) is 37.0 Å². The van der Waals surface area contributed by atoms with Crippen LogP contribution in [-0.2, 0) is 9.53 Å². The fourth-order valence-electron chi connectivity index (χ4n) is 0.0645. The molecule has 0 amide bonds. The second kappa shape index (κ2) is 9.63. The van der Waals surface area contributed by atoms with Gasteiger partial charge >= 0.3 is 5.97 Å². The average Bonchev–Trinajstić information content (AvgIpc) is 1.91. The van der Waals surface area contributed by atoms with Crippen molar-refractivity contribution in [3.05, 3.63) is 0 Å². The van der Waals surface area contributed by atoms with Gasteiger partial charge in [0.25, 0.3) is 0 Å². The van der Waals surface area contributed by atoms with Crippen molar-refractivity contribution < 1.29 is 19.7 Å². The highest BCUT2D eigenvalue weighted by atomic mass is 16.5. The Balaban J connectivity index is 0. The number of aliphatic hydroxyl groups is 2. The number of methoxy groups -OCH3 is 1. The lowest BCUT2D eigenvalue weighted by Gasteiger charge is -1.86. The van der Waals surface area contributed by atoms with Crippen molar-refractivity contribution in [1.82, 2.24) is 0 Å². The van der Waals surface area contributed by atoms with E-state index in [0.29, 0.717) is 0 Å². The molecule has 0 aliphatic carbocycles. The zero-order valence-corrected chi connectivity index (χ0v) is 4.92. The highest BCUT2D eigenvalue weighted by molar-refractivity contribution is 5.70. The molecule has 0 unspecified atom stereocenters. The van der Waals surface area contributed by atoms with Gasteiger partial charge in [0.2, 0.25) is 0 Å². The SMILES string of the molecule is CO.COC(=O)CO. The molecule has 0 aliphatic heterocycles. The van der Waals surface area contributed by atoms with Crippen molar-refractivity contribution in [2.24, 2.45) is 0 Å². The lowest BCUT2D eigenvalue weighted by molar-refractivity contribution is -0.143. The number of carbonyl (C=O) groups excluding carboxylic acids is 1. The predicted molar refractivity (Wildman–Crippen MR) is 27.2 cm³/mol. The number of esters is 1. The van der Waals surface area contributed by atoms with Gasteiger partial charge in [0.15, 0.2) is 0 Å². The molecule has 0 rings (SSSR count). The molecule has 0 fully saturated rings. The normalized spacial score (nSPS) is 6.50. The first-order chi connectivity index (χ1) is 3.81. The molecule has 0 spiro atoms. The fraction of sp³-hybridized carbons (Fsp3) is 0.750. The molecule has 0 saturated carbocycles. The number of carbonyl (C=O) groups is 1. The Morgan fingerprint density at radius 1 is 1.62 bits per heavy atom. The van der Waals surface area contributed by atoms with Crippen molar-refractivity contribution >= 4 is 5.97 Å². The van der Waals surface area contributed by atoms with Gasteiger partial charge in [0, 0.05) is 7.11 Å². The monoisotopic (exact) mass is 122 g/mol. The number of ether oxygens (including phenoxy) is 1. The molecule has 50 valence electrons. The maximum absolute atomic E-state index is 9.71. The minimum Gasteiger partial charge on any atom is -0.467 e. The van der Waals surface area contributed by atoms with E-state index >= 15 is 0 Å². The Kier molecular flexibility index (Phi) is 12.5. The molecule has 0 aliphatic rings. The van der Waals surface area contributed by atoms with Crippen molar-refractivity contribution in [3.63, 3.8) is 0 Å². The maximum Gasteiger partial charge on any atom is 0.331 e. The molecule has 4 heteroatoms. The van der Waals surface area contributed by atoms with Crippen molar-refractivity contribution in [1.29, 1.82) is 0 Å². The molecular weight excluding hydrogens is 112 g/mol. The zero-order valence-electron chi connectivity index (χ0n) is 4.92. The van der Waals surface area contributed by atoms with Gasteiger partial charge < -0.3 is 14.9 Å². The molecule has 0 atom stereocenters. The standard InChI is InChI=1S/C3H6O3.CH4O/c1-6-3(5)2-4;1-2/h4H,2H2,1H3;2H,1H3. The number of hydrogen-bond donors (Lipinski definition) is 2. The van der Waals surface area contributed by atoms with E-state index < -0.39 is 12.6 Å². The van der Waals surface area contributed by atoms with Crippen molar-refractivity contribution in [2.45, 2.75) is 0 Å². The Morgan fingerprint density at radius 3 is 2.00 bits per heavy atom. The second-order valence-electron chi connectivity index (χ2n) is 0.734. The van der Waals surface area contributed by atoms with Gasteiger partial charge in [-0.3, -0.25) is 0 Å². The van der Waals surface area contributed by atoms with Gasteiger partial charge in [0.1, 0.15) is 6.61 Å². The quantitative estimate of drug-likeness (QED) is 0.427. The van der Waals surface area contributed by atoms with Crippen LogP contribution in [0.3, 0.4) is 0 Å². The third-order valence-corrected chi connectivity index (χ3v) is 0.357. The van der Waals surface area contributed by atoms with E-state index in [1.165, 1.54) is 7.11 Å². The van der Waals surface area contributed by atoms with Crippen LogP contribution in [0.2, 0.25) is 0 Å². The summed E-state index contributed by atoms with van der Waals surface area (Å²) >= 11 is 0. The smallest absolute Gasteiger partial charge is 0.331 e. The Bertz CT molecular complexity index is 46.0. The molecule has 0 aromatic carbocycles. The van der Waals surface area contributed by atoms with Crippen LogP contribution in [0, 0.1) is 0 Å². The lowest BCUT2D eigenvalue weighted by Crippen LogP contribution is -2.04.